The summed E-state index contributed by atoms with van der Waals surface area (Å²) in [5.41, 5.74) is 15.1. The zero-order chi connectivity index (χ0) is 13.8. The molecular formula is C14H16N4O. The fourth-order valence-corrected chi connectivity index (χ4v) is 1.69. The van der Waals surface area contributed by atoms with E-state index >= 15 is 0 Å². The predicted molar refractivity (Wildman–Crippen MR) is 79.3 cm³/mol. The number of hydrogen-bond acceptors (Lipinski definition) is 4. The molecule has 5 heteroatoms. The van der Waals surface area contributed by atoms with E-state index in [1.807, 2.05) is 30.3 Å². The van der Waals surface area contributed by atoms with Gasteiger partial charge < -0.3 is 22.1 Å². The molecule has 0 radical (unpaired) electrons. The van der Waals surface area contributed by atoms with Crippen molar-refractivity contribution in [2.24, 2.45) is 0 Å². The number of carbonyl (C=O) groups excluding carboxylic acids is 1. The van der Waals surface area contributed by atoms with Crippen molar-refractivity contribution in [3.63, 3.8) is 0 Å². The molecule has 0 saturated heterocycles. The SMILES string of the molecule is CC(=O)Nc1ccc(Nc2ccc(N)cc2N)cc1. The van der Waals surface area contributed by atoms with Gasteiger partial charge in [-0.3, -0.25) is 4.79 Å². The molecule has 0 fully saturated rings. The van der Waals surface area contributed by atoms with Gasteiger partial charge in [-0.1, -0.05) is 0 Å². The second-order valence-corrected chi connectivity index (χ2v) is 4.23. The molecular weight excluding hydrogens is 240 g/mol. The van der Waals surface area contributed by atoms with Gasteiger partial charge in [-0.15, -0.1) is 0 Å². The Morgan fingerprint density at radius 2 is 1.63 bits per heavy atom. The number of nitrogens with two attached hydrogens (primary N) is 2. The molecule has 0 aromatic heterocycles. The van der Waals surface area contributed by atoms with E-state index < -0.39 is 0 Å². The van der Waals surface area contributed by atoms with E-state index in [4.69, 9.17) is 11.5 Å². The molecule has 98 valence electrons. The Hall–Kier alpha value is -2.69. The Labute approximate surface area is 111 Å². The van der Waals surface area contributed by atoms with Crippen LogP contribution in [0, 0.1) is 0 Å². The first-order valence-electron chi connectivity index (χ1n) is 5.84. The quantitative estimate of drug-likeness (QED) is 0.635. The lowest BCUT2D eigenvalue weighted by Crippen LogP contribution is -2.05. The predicted octanol–water partition coefficient (Wildman–Crippen LogP) is 2.55. The van der Waals surface area contributed by atoms with E-state index in [0.29, 0.717) is 11.4 Å². The largest absolute Gasteiger partial charge is 0.399 e. The number of carbonyl (C=O) groups is 1. The average molecular weight is 256 g/mol. The lowest BCUT2D eigenvalue weighted by atomic mass is 10.2. The third kappa shape index (κ3) is 3.38. The fraction of sp³-hybridized carbons (Fsp3) is 0.0714. The van der Waals surface area contributed by atoms with E-state index in [1.54, 1.807) is 12.1 Å². The van der Waals surface area contributed by atoms with Crippen molar-refractivity contribution in [2.45, 2.75) is 6.92 Å². The van der Waals surface area contributed by atoms with E-state index in [-0.39, 0.29) is 5.91 Å². The van der Waals surface area contributed by atoms with E-state index in [0.717, 1.165) is 17.1 Å². The minimum Gasteiger partial charge on any atom is -0.399 e. The van der Waals surface area contributed by atoms with Crippen LogP contribution < -0.4 is 22.1 Å². The van der Waals surface area contributed by atoms with Crippen LogP contribution in [-0.4, -0.2) is 5.91 Å². The van der Waals surface area contributed by atoms with Crippen molar-refractivity contribution in [1.29, 1.82) is 0 Å². The van der Waals surface area contributed by atoms with Crippen LogP contribution in [0.5, 0.6) is 0 Å². The molecule has 0 bridgehead atoms. The second-order valence-electron chi connectivity index (χ2n) is 4.23. The summed E-state index contributed by atoms with van der Waals surface area (Å²) in [5, 5.41) is 5.89. The highest BCUT2D eigenvalue weighted by Gasteiger charge is 2.01. The molecule has 1 amide bonds. The van der Waals surface area contributed by atoms with Gasteiger partial charge in [-0.25, -0.2) is 0 Å². The third-order valence-electron chi connectivity index (χ3n) is 2.56. The number of benzene rings is 2. The van der Waals surface area contributed by atoms with E-state index in [2.05, 4.69) is 10.6 Å². The van der Waals surface area contributed by atoms with Crippen LogP contribution in [0.2, 0.25) is 0 Å². The van der Waals surface area contributed by atoms with Crippen LogP contribution in [0.25, 0.3) is 0 Å². The lowest BCUT2D eigenvalue weighted by Gasteiger charge is -2.10. The summed E-state index contributed by atoms with van der Waals surface area (Å²) in [4.78, 5) is 10.9. The van der Waals surface area contributed by atoms with Crippen molar-refractivity contribution in [1.82, 2.24) is 0 Å². The highest BCUT2D eigenvalue weighted by molar-refractivity contribution is 5.89. The van der Waals surface area contributed by atoms with Crippen molar-refractivity contribution in [2.75, 3.05) is 22.1 Å². The maximum Gasteiger partial charge on any atom is 0.221 e. The van der Waals surface area contributed by atoms with Gasteiger partial charge in [0.2, 0.25) is 5.91 Å². The molecule has 5 nitrogen and oxygen atoms in total. The Kier molecular flexibility index (Phi) is 3.56. The smallest absolute Gasteiger partial charge is 0.221 e. The Bertz CT molecular complexity index is 593. The fourth-order valence-electron chi connectivity index (χ4n) is 1.69. The van der Waals surface area contributed by atoms with Crippen molar-refractivity contribution in [3.8, 4) is 0 Å². The van der Waals surface area contributed by atoms with Crippen molar-refractivity contribution in [3.05, 3.63) is 42.5 Å². The first kappa shape index (κ1) is 12.8. The van der Waals surface area contributed by atoms with Crippen molar-refractivity contribution >= 4 is 34.3 Å². The van der Waals surface area contributed by atoms with Gasteiger partial charge in [-0.2, -0.15) is 0 Å². The molecule has 19 heavy (non-hydrogen) atoms. The van der Waals surface area contributed by atoms with Gasteiger partial charge in [-0.05, 0) is 42.5 Å². The summed E-state index contributed by atoms with van der Waals surface area (Å²) in [6, 6.07) is 12.7. The molecule has 6 N–H and O–H groups in total. The van der Waals surface area contributed by atoms with Crippen molar-refractivity contribution < 1.29 is 4.79 Å². The van der Waals surface area contributed by atoms with Crippen LogP contribution in [0.4, 0.5) is 28.4 Å². The van der Waals surface area contributed by atoms with Crippen LogP contribution in [0.15, 0.2) is 42.5 Å². The minimum absolute atomic E-state index is 0.0940. The van der Waals surface area contributed by atoms with E-state index in [1.165, 1.54) is 6.92 Å². The first-order valence-corrected chi connectivity index (χ1v) is 5.84. The van der Waals surface area contributed by atoms with Crippen LogP contribution >= 0.6 is 0 Å². The molecule has 0 heterocycles. The lowest BCUT2D eigenvalue weighted by molar-refractivity contribution is -0.114. The topological polar surface area (TPSA) is 93.2 Å². The minimum atomic E-state index is -0.0940. The summed E-state index contributed by atoms with van der Waals surface area (Å²) < 4.78 is 0. The molecule has 2 aromatic carbocycles. The maximum absolute atomic E-state index is 10.9. The summed E-state index contributed by atoms with van der Waals surface area (Å²) in [6.45, 7) is 1.47. The Morgan fingerprint density at radius 1 is 1.00 bits per heavy atom. The number of anilines is 5. The summed E-state index contributed by atoms with van der Waals surface area (Å²) in [5.74, 6) is -0.0940. The first-order chi connectivity index (χ1) is 9.04. The highest BCUT2D eigenvalue weighted by Crippen LogP contribution is 2.25. The maximum atomic E-state index is 10.9. The monoisotopic (exact) mass is 256 g/mol. The zero-order valence-electron chi connectivity index (χ0n) is 10.6. The highest BCUT2D eigenvalue weighted by atomic mass is 16.1. The molecule has 0 aliphatic heterocycles. The molecule has 0 aliphatic rings. The number of amides is 1. The summed E-state index contributed by atoms with van der Waals surface area (Å²) in [7, 11) is 0. The van der Waals surface area contributed by atoms with Crippen LogP contribution in [0.1, 0.15) is 6.92 Å². The van der Waals surface area contributed by atoms with Gasteiger partial charge in [0.05, 0.1) is 11.4 Å². The standard InChI is InChI=1S/C14H16N4O/c1-9(19)17-11-3-5-12(6-4-11)18-14-7-2-10(15)8-13(14)16/h2-8,18H,15-16H2,1H3,(H,17,19). The number of hydrogen-bond donors (Lipinski definition) is 4. The molecule has 0 spiro atoms. The zero-order valence-corrected chi connectivity index (χ0v) is 10.6. The van der Waals surface area contributed by atoms with Crippen LogP contribution in [-0.2, 0) is 4.79 Å². The van der Waals surface area contributed by atoms with E-state index in [9.17, 15) is 4.79 Å². The molecule has 0 atom stereocenters. The van der Waals surface area contributed by atoms with Gasteiger partial charge in [0.15, 0.2) is 0 Å². The molecule has 0 saturated carbocycles. The number of nitrogens with one attached hydrogen (secondary N) is 2. The van der Waals surface area contributed by atoms with Gasteiger partial charge in [0.25, 0.3) is 0 Å². The summed E-state index contributed by atoms with van der Waals surface area (Å²) >= 11 is 0. The molecule has 0 unspecified atom stereocenters. The van der Waals surface area contributed by atoms with Crippen LogP contribution in [0.3, 0.4) is 0 Å². The molecule has 0 aliphatic carbocycles. The van der Waals surface area contributed by atoms with Gasteiger partial charge in [0.1, 0.15) is 0 Å². The second kappa shape index (κ2) is 5.30. The molecule has 2 aromatic rings. The Balaban J connectivity index is 2.13. The van der Waals surface area contributed by atoms with Gasteiger partial charge >= 0.3 is 0 Å². The normalized spacial score (nSPS) is 9.95. The third-order valence-corrected chi connectivity index (χ3v) is 2.56. The average Bonchev–Trinajstić information content (AvgIpc) is 2.34. The number of rotatable bonds is 3. The molecule has 2 rings (SSSR count). The number of nitrogen functional groups attached to an aromatic ring is 2. The Morgan fingerprint density at radius 3 is 2.21 bits per heavy atom. The summed E-state index contributed by atoms with van der Waals surface area (Å²) in [6.07, 6.45) is 0. The van der Waals surface area contributed by atoms with Gasteiger partial charge in [0, 0.05) is 24.0 Å².